The first-order valence-corrected chi connectivity index (χ1v) is 13.8. The van der Waals surface area contributed by atoms with Gasteiger partial charge in [0.1, 0.15) is 35.8 Å². The van der Waals surface area contributed by atoms with Crippen molar-refractivity contribution in [2.45, 2.75) is 70.6 Å². The molecule has 2 aromatic heterocycles. The number of para-hydroxylation sites is 1. The maximum Gasteiger partial charge on any atom is 0.219 e. The molecular formula is C30H39N5O6. The molecule has 11 heteroatoms. The van der Waals surface area contributed by atoms with Crippen LogP contribution in [0.1, 0.15) is 43.6 Å². The van der Waals surface area contributed by atoms with E-state index in [4.69, 9.17) is 15.8 Å². The van der Waals surface area contributed by atoms with Gasteiger partial charge in [-0.2, -0.15) is 0 Å². The van der Waals surface area contributed by atoms with Gasteiger partial charge in [-0.1, -0.05) is 55.8 Å². The van der Waals surface area contributed by atoms with Crippen LogP contribution >= 0.6 is 0 Å². The normalized spacial score (nSPS) is 14.7. The highest BCUT2D eigenvalue weighted by Crippen LogP contribution is 2.30. The van der Waals surface area contributed by atoms with Gasteiger partial charge in [-0.25, -0.2) is 9.97 Å². The fraction of sp³-hybridized carbons (Fsp3) is 0.433. The molecule has 41 heavy (non-hydrogen) atoms. The topological polar surface area (TPSA) is 178 Å². The zero-order valence-corrected chi connectivity index (χ0v) is 23.4. The van der Waals surface area contributed by atoms with Gasteiger partial charge in [0.05, 0.1) is 17.6 Å². The zero-order chi connectivity index (χ0) is 29.7. The summed E-state index contributed by atoms with van der Waals surface area (Å²) in [6.45, 7) is 3.18. The molecule has 4 rings (SSSR count). The van der Waals surface area contributed by atoms with E-state index in [1.807, 2.05) is 48.5 Å². The van der Waals surface area contributed by atoms with Crippen LogP contribution in [0.15, 0.2) is 48.5 Å². The predicted molar refractivity (Wildman–Crippen MR) is 156 cm³/mol. The van der Waals surface area contributed by atoms with E-state index in [9.17, 15) is 25.2 Å². The van der Waals surface area contributed by atoms with Gasteiger partial charge in [-0.15, -0.1) is 0 Å². The number of pyridine rings is 1. The van der Waals surface area contributed by atoms with Crippen molar-refractivity contribution in [3.05, 3.63) is 65.5 Å². The van der Waals surface area contributed by atoms with Gasteiger partial charge in [0.15, 0.2) is 5.82 Å². The molecule has 0 spiro atoms. The van der Waals surface area contributed by atoms with Crippen molar-refractivity contribution in [2.24, 2.45) is 0 Å². The Labute approximate surface area is 238 Å². The molecule has 7 N–H and O–H groups in total. The molecule has 0 aliphatic heterocycles. The Morgan fingerprint density at radius 3 is 2.29 bits per heavy atom. The fourth-order valence-corrected chi connectivity index (χ4v) is 4.96. The van der Waals surface area contributed by atoms with Crippen molar-refractivity contribution in [1.82, 2.24) is 19.4 Å². The van der Waals surface area contributed by atoms with Gasteiger partial charge in [0.25, 0.3) is 0 Å². The maximum absolute atomic E-state index is 12.3. The lowest BCUT2D eigenvalue weighted by Gasteiger charge is -2.30. The Balaban J connectivity index is 1.56. The van der Waals surface area contributed by atoms with E-state index in [2.05, 4.69) is 16.5 Å². The number of nitrogens with two attached hydrogens (primary N) is 1. The van der Waals surface area contributed by atoms with E-state index in [-0.39, 0.29) is 19.0 Å². The number of rotatable bonds is 13. The van der Waals surface area contributed by atoms with Crippen molar-refractivity contribution in [1.29, 1.82) is 0 Å². The number of hydrogen-bond acceptors (Lipinski definition) is 9. The molecule has 11 nitrogen and oxygen atoms in total. The lowest BCUT2D eigenvalue weighted by Crippen LogP contribution is -2.50. The Bertz CT molecular complexity index is 1470. The summed E-state index contributed by atoms with van der Waals surface area (Å²) in [6.07, 6.45) is -3.80. The van der Waals surface area contributed by atoms with Crippen LogP contribution in [-0.2, 0) is 24.3 Å². The first-order chi connectivity index (χ1) is 19.6. The van der Waals surface area contributed by atoms with Crippen molar-refractivity contribution in [3.8, 4) is 0 Å². The minimum Gasteiger partial charge on any atom is -0.394 e. The second-order valence-corrected chi connectivity index (χ2v) is 10.4. The van der Waals surface area contributed by atoms with Crippen LogP contribution in [0.3, 0.4) is 0 Å². The minimum atomic E-state index is -1.76. The fourth-order valence-electron chi connectivity index (χ4n) is 4.96. The summed E-state index contributed by atoms with van der Waals surface area (Å²) in [5, 5.41) is 49.9. The highest BCUT2D eigenvalue weighted by Gasteiger charge is 2.31. The summed E-state index contributed by atoms with van der Waals surface area (Å²) in [5.41, 5.74) is 10.6. The Hall–Kier alpha value is -3.61. The average Bonchev–Trinajstić information content (AvgIpc) is 3.34. The van der Waals surface area contributed by atoms with Crippen molar-refractivity contribution < 1.29 is 30.3 Å². The molecule has 2 heterocycles. The Morgan fingerprint density at radius 2 is 1.63 bits per heavy atom. The third-order valence-corrected chi connectivity index (χ3v) is 7.36. The van der Waals surface area contributed by atoms with Gasteiger partial charge >= 0.3 is 0 Å². The number of aryl methyl sites for hydroxylation is 1. The Morgan fingerprint density at radius 1 is 0.976 bits per heavy atom. The number of aromatic nitrogens is 3. The van der Waals surface area contributed by atoms with Gasteiger partial charge in [0, 0.05) is 38.4 Å². The molecule has 4 aromatic rings. The molecule has 0 bridgehead atoms. The molecule has 2 aromatic carbocycles. The molecule has 220 valence electrons. The van der Waals surface area contributed by atoms with Gasteiger partial charge in [-0.05, 0) is 23.6 Å². The number of imidazole rings is 1. The number of carbonyl (C=O) groups excluding carboxylic acids is 1. The van der Waals surface area contributed by atoms with Gasteiger partial charge < -0.3 is 40.7 Å². The van der Waals surface area contributed by atoms with Crippen molar-refractivity contribution in [2.75, 3.05) is 18.9 Å². The third kappa shape index (κ3) is 6.83. The molecule has 4 atom stereocenters. The van der Waals surface area contributed by atoms with Crippen LogP contribution in [0.4, 0.5) is 5.82 Å². The summed E-state index contributed by atoms with van der Waals surface area (Å²) >= 11 is 0. The lowest BCUT2D eigenvalue weighted by molar-refractivity contribution is -0.138. The van der Waals surface area contributed by atoms with Crippen LogP contribution in [0, 0.1) is 0 Å². The van der Waals surface area contributed by atoms with Crippen LogP contribution in [0.5, 0.6) is 0 Å². The number of carbonyl (C=O) groups is 1. The number of aliphatic hydroxyl groups excluding tert-OH is 5. The summed E-state index contributed by atoms with van der Waals surface area (Å²) < 4.78 is 2.20. The molecule has 2 unspecified atom stereocenters. The van der Waals surface area contributed by atoms with E-state index >= 15 is 0 Å². The number of benzene rings is 2. The number of unbranched alkanes of at least 4 members (excludes halogenated alkanes) is 1. The lowest BCUT2D eigenvalue weighted by atomic mass is 10.0. The number of hydrogen-bond donors (Lipinski definition) is 6. The Kier molecular flexibility index (Phi) is 9.90. The smallest absolute Gasteiger partial charge is 0.219 e. The summed E-state index contributed by atoms with van der Waals surface area (Å²) in [4.78, 5) is 23.1. The molecule has 0 fully saturated rings. The van der Waals surface area contributed by atoms with E-state index in [0.29, 0.717) is 17.9 Å². The first kappa shape index (κ1) is 30.4. The highest BCUT2D eigenvalue weighted by atomic mass is 16.4. The molecule has 0 saturated carbocycles. The number of amides is 1. The van der Waals surface area contributed by atoms with E-state index in [1.165, 1.54) is 11.8 Å². The van der Waals surface area contributed by atoms with Crippen LogP contribution < -0.4 is 5.73 Å². The second kappa shape index (κ2) is 13.4. The number of aliphatic hydroxyl groups is 5. The largest absolute Gasteiger partial charge is 0.394 e. The monoisotopic (exact) mass is 565 g/mol. The summed E-state index contributed by atoms with van der Waals surface area (Å²) in [7, 11) is 0. The number of nitrogens with zero attached hydrogens (tertiary/aromatic N) is 4. The minimum absolute atomic E-state index is 0.167. The zero-order valence-electron chi connectivity index (χ0n) is 23.4. The van der Waals surface area contributed by atoms with E-state index < -0.39 is 31.0 Å². The summed E-state index contributed by atoms with van der Waals surface area (Å²) in [5.74, 6) is 1.01. The highest BCUT2D eigenvalue weighted by molar-refractivity contribution is 6.06. The maximum atomic E-state index is 12.3. The molecule has 0 aliphatic rings. The van der Waals surface area contributed by atoms with E-state index in [1.54, 1.807) is 0 Å². The van der Waals surface area contributed by atoms with Crippen LogP contribution in [0.2, 0.25) is 0 Å². The summed E-state index contributed by atoms with van der Waals surface area (Å²) in [6, 6.07) is 15.6. The van der Waals surface area contributed by atoms with Crippen molar-refractivity contribution in [3.63, 3.8) is 0 Å². The quantitative estimate of drug-likeness (QED) is 0.140. The first-order valence-electron chi connectivity index (χ1n) is 13.8. The second-order valence-electron chi connectivity index (χ2n) is 10.4. The molecular weight excluding hydrogens is 526 g/mol. The standard InChI is InChI=1S/C30H39N5O6/c1-3-4-9-25-33-26-27(21-7-5-6-8-22(21)32-30(26)31)35(25)15-20-12-10-19(11-13-20)14-34(18(2)37)16-23(38)28(40)29(41)24(39)17-36/h5-8,10-13,23-24,28-29,36,38-41H,3-4,9,14-17H2,1-2H3,(H2,31,32)/t23?,24?,28-,29+/m0/s1. The molecule has 1 amide bonds. The average molecular weight is 566 g/mol. The van der Waals surface area contributed by atoms with Crippen LogP contribution in [-0.4, -0.2) is 88.4 Å². The molecule has 0 radical (unpaired) electrons. The SMILES string of the molecule is CCCCc1nc2c(N)nc3ccccc3c2n1Cc1ccc(CN(CC(O)[C@H](O)[C@H](O)C(O)CO)C(C)=O)cc1. The number of fused-ring (bicyclic) bond motifs is 3. The molecule has 0 saturated heterocycles. The predicted octanol–water partition coefficient (Wildman–Crippen LogP) is 1.34. The number of anilines is 1. The number of nitrogen functional groups attached to an aromatic ring is 1. The van der Waals surface area contributed by atoms with Gasteiger partial charge in [-0.3, -0.25) is 4.79 Å². The van der Waals surface area contributed by atoms with Crippen LogP contribution in [0.25, 0.3) is 21.9 Å². The third-order valence-electron chi connectivity index (χ3n) is 7.36. The van der Waals surface area contributed by atoms with Gasteiger partial charge in [0.2, 0.25) is 5.91 Å². The van der Waals surface area contributed by atoms with E-state index in [0.717, 1.165) is 52.6 Å². The van der Waals surface area contributed by atoms with Crippen molar-refractivity contribution >= 4 is 33.7 Å². The molecule has 0 aliphatic carbocycles.